The van der Waals surface area contributed by atoms with Crippen molar-refractivity contribution in [1.29, 1.82) is 0 Å². The number of piperazine rings is 1. The summed E-state index contributed by atoms with van der Waals surface area (Å²) in [7, 11) is 0. The van der Waals surface area contributed by atoms with E-state index in [-0.39, 0.29) is 23.1 Å². The molecule has 1 saturated heterocycles. The first-order chi connectivity index (χ1) is 8.40. The van der Waals surface area contributed by atoms with Crippen molar-refractivity contribution in [3.63, 3.8) is 0 Å². The molecular formula is C12H21F3N2S. The minimum atomic E-state index is -4.09. The Bertz CT molecular complexity index is 277. The van der Waals surface area contributed by atoms with E-state index in [1.54, 1.807) is 0 Å². The number of halogens is 3. The number of hydrogen-bond acceptors (Lipinski definition) is 3. The summed E-state index contributed by atoms with van der Waals surface area (Å²) in [6.45, 7) is 4.44. The Morgan fingerprint density at radius 1 is 1.33 bits per heavy atom. The van der Waals surface area contributed by atoms with Crippen LogP contribution < -0.4 is 5.32 Å². The van der Waals surface area contributed by atoms with Crippen molar-refractivity contribution in [3.05, 3.63) is 0 Å². The van der Waals surface area contributed by atoms with Gasteiger partial charge < -0.3 is 5.32 Å². The maximum atomic E-state index is 12.1. The summed E-state index contributed by atoms with van der Waals surface area (Å²) in [5.41, 5.74) is -3.91. The standard InChI is InChI=1S/C12H21F3N2S/c1-10-8-16-11(4-2-3-5-11)9-17(10)6-7-18-12(13,14)15/h10,16H,2-9H2,1H3. The normalized spacial score (nSPS) is 29.0. The molecule has 1 N–H and O–H groups in total. The van der Waals surface area contributed by atoms with Gasteiger partial charge in [-0.3, -0.25) is 4.90 Å². The first-order valence-electron chi connectivity index (χ1n) is 6.60. The molecule has 1 aliphatic carbocycles. The predicted molar refractivity (Wildman–Crippen MR) is 68.7 cm³/mol. The molecule has 106 valence electrons. The lowest BCUT2D eigenvalue weighted by molar-refractivity contribution is -0.0330. The second-order valence-corrected chi connectivity index (χ2v) is 6.64. The van der Waals surface area contributed by atoms with Gasteiger partial charge in [-0.1, -0.05) is 12.8 Å². The van der Waals surface area contributed by atoms with E-state index in [2.05, 4.69) is 17.1 Å². The Hall–Kier alpha value is 0.0600. The van der Waals surface area contributed by atoms with Crippen molar-refractivity contribution in [2.45, 2.75) is 49.7 Å². The van der Waals surface area contributed by atoms with Crippen LogP contribution in [0.3, 0.4) is 0 Å². The zero-order valence-electron chi connectivity index (χ0n) is 10.7. The average Bonchev–Trinajstić information content (AvgIpc) is 2.71. The van der Waals surface area contributed by atoms with Crippen molar-refractivity contribution in [3.8, 4) is 0 Å². The fraction of sp³-hybridized carbons (Fsp3) is 1.00. The highest BCUT2D eigenvalue weighted by atomic mass is 32.2. The van der Waals surface area contributed by atoms with E-state index in [1.807, 2.05) is 0 Å². The van der Waals surface area contributed by atoms with Crippen LogP contribution in [0.15, 0.2) is 0 Å². The van der Waals surface area contributed by atoms with Crippen molar-refractivity contribution >= 4 is 11.8 Å². The molecule has 0 aromatic carbocycles. The summed E-state index contributed by atoms with van der Waals surface area (Å²) in [5, 5.41) is 3.61. The molecule has 2 fully saturated rings. The molecule has 0 bridgehead atoms. The quantitative estimate of drug-likeness (QED) is 0.857. The van der Waals surface area contributed by atoms with Crippen LogP contribution in [0.1, 0.15) is 32.6 Å². The second kappa shape index (κ2) is 5.59. The van der Waals surface area contributed by atoms with Gasteiger partial charge in [-0.15, -0.1) is 0 Å². The smallest absolute Gasteiger partial charge is 0.308 e. The van der Waals surface area contributed by atoms with Crippen LogP contribution in [0.25, 0.3) is 0 Å². The molecule has 2 nitrogen and oxygen atoms in total. The van der Waals surface area contributed by atoms with Gasteiger partial charge in [0.15, 0.2) is 0 Å². The van der Waals surface area contributed by atoms with Gasteiger partial charge in [0, 0.05) is 37.0 Å². The van der Waals surface area contributed by atoms with E-state index in [0.29, 0.717) is 12.6 Å². The molecule has 18 heavy (non-hydrogen) atoms. The van der Waals surface area contributed by atoms with Gasteiger partial charge in [-0.05, 0) is 31.5 Å². The van der Waals surface area contributed by atoms with Crippen LogP contribution in [0, 0.1) is 0 Å². The first kappa shape index (κ1) is 14.5. The molecule has 0 aromatic heterocycles. The van der Waals surface area contributed by atoms with Crippen LogP contribution in [-0.4, -0.2) is 47.4 Å². The maximum Gasteiger partial charge on any atom is 0.441 e. The lowest BCUT2D eigenvalue weighted by atomic mass is 9.93. The molecule has 1 atom stereocenters. The fourth-order valence-electron chi connectivity index (χ4n) is 3.06. The molecule has 0 aromatic rings. The van der Waals surface area contributed by atoms with Gasteiger partial charge in [0.2, 0.25) is 0 Å². The van der Waals surface area contributed by atoms with Crippen LogP contribution in [0.5, 0.6) is 0 Å². The van der Waals surface area contributed by atoms with E-state index in [0.717, 1.165) is 13.1 Å². The summed E-state index contributed by atoms with van der Waals surface area (Å²) < 4.78 is 36.4. The number of rotatable bonds is 3. The Kier molecular flexibility index (Phi) is 4.49. The molecule has 1 spiro atoms. The Morgan fingerprint density at radius 3 is 2.61 bits per heavy atom. The number of nitrogens with zero attached hydrogens (tertiary/aromatic N) is 1. The van der Waals surface area contributed by atoms with Crippen LogP contribution in [-0.2, 0) is 0 Å². The fourth-order valence-corrected chi connectivity index (χ4v) is 3.62. The number of hydrogen-bond donors (Lipinski definition) is 1. The summed E-state index contributed by atoms with van der Waals surface area (Å²) in [4.78, 5) is 2.22. The SMILES string of the molecule is CC1CNC2(CCCC2)CN1CCSC(F)(F)F. The molecule has 1 heterocycles. The zero-order chi connectivity index (χ0) is 13.2. The first-order valence-corrected chi connectivity index (χ1v) is 7.59. The van der Waals surface area contributed by atoms with Gasteiger partial charge in [-0.25, -0.2) is 0 Å². The van der Waals surface area contributed by atoms with E-state index < -0.39 is 5.51 Å². The molecule has 1 saturated carbocycles. The van der Waals surface area contributed by atoms with Gasteiger partial charge in [0.1, 0.15) is 0 Å². The summed E-state index contributed by atoms with van der Waals surface area (Å²) in [6, 6.07) is 0.338. The second-order valence-electron chi connectivity index (χ2n) is 5.48. The van der Waals surface area contributed by atoms with Gasteiger partial charge in [-0.2, -0.15) is 13.2 Å². The van der Waals surface area contributed by atoms with Crippen LogP contribution in [0.2, 0.25) is 0 Å². The highest BCUT2D eigenvalue weighted by molar-refractivity contribution is 8.00. The Labute approximate surface area is 111 Å². The Balaban J connectivity index is 1.82. The largest absolute Gasteiger partial charge is 0.441 e. The van der Waals surface area contributed by atoms with E-state index >= 15 is 0 Å². The predicted octanol–water partition coefficient (Wildman–Crippen LogP) is 2.85. The van der Waals surface area contributed by atoms with E-state index in [1.165, 1.54) is 25.7 Å². The topological polar surface area (TPSA) is 15.3 Å². The molecular weight excluding hydrogens is 261 g/mol. The molecule has 1 aliphatic heterocycles. The molecule has 6 heteroatoms. The lowest BCUT2D eigenvalue weighted by Gasteiger charge is -2.45. The highest BCUT2D eigenvalue weighted by Gasteiger charge is 2.40. The van der Waals surface area contributed by atoms with Crippen molar-refractivity contribution in [2.75, 3.05) is 25.4 Å². The minimum Gasteiger partial charge on any atom is -0.308 e. The Morgan fingerprint density at radius 2 is 2.00 bits per heavy atom. The van der Waals surface area contributed by atoms with Crippen LogP contribution in [0.4, 0.5) is 13.2 Å². The lowest BCUT2D eigenvalue weighted by Crippen LogP contribution is -2.62. The summed E-state index contributed by atoms with van der Waals surface area (Å²) in [6.07, 6.45) is 4.82. The highest BCUT2D eigenvalue weighted by Crippen LogP contribution is 2.34. The van der Waals surface area contributed by atoms with Crippen molar-refractivity contribution in [2.24, 2.45) is 0 Å². The number of nitrogens with one attached hydrogen (secondary N) is 1. The van der Waals surface area contributed by atoms with Gasteiger partial charge >= 0.3 is 5.51 Å². The zero-order valence-corrected chi connectivity index (χ0v) is 11.5. The number of thioether (sulfide) groups is 1. The van der Waals surface area contributed by atoms with Gasteiger partial charge in [0.25, 0.3) is 0 Å². The third-order valence-electron chi connectivity index (χ3n) is 4.11. The average molecular weight is 282 g/mol. The molecule has 0 radical (unpaired) electrons. The van der Waals surface area contributed by atoms with E-state index in [4.69, 9.17) is 0 Å². The maximum absolute atomic E-state index is 12.1. The van der Waals surface area contributed by atoms with Crippen molar-refractivity contribution in [1.82, 2.24) is 10.2 Å². The van der Waals surface area contributed by atoms with Gasteiger partial charge in [0.05, 0.1) is 0 Å². The van der Waals surface area contributed by atoms with Crippen molar-refractivity contribution < 1.29 is 13.2 Å². The summed E-state index contributed by atoms with van der Waals surface area (Å²) in [5.74, 6) is 0.143. The third kappa shape index (κ3) is 3.78. The number of alkyl halides is 3. The molecule has 1 unspecified atom stereocenters. The molecule has 2 aliphatic rings. The molecule has 2 rings (SSSR count). The minimum absolute atomic E-state index is 0.0981. The molecule has 0 amide bonds. The van der Waals surface area contributed by atoms with Crippen LogP contribution >= 0.6 is 11.8 Å². The van der Waals surface area contributed by atoms with E-state index in [9.17, 15) is 13.2 Å². The summed E-state index contributed by atoms with van der Waals surface area (Å²) >= 11 is 0.0981. The monoisotopic (exact) mass is 282 g/mol. The third-order valence-corrected chi connectivity index (χ3v) is 4.82.